The lowest BCUT2D eigenvalue weighted by molar-refractivity contribution is 0.111. The summed E-state index contributed by atoms with van der Waals surface area (Å²) in [5, 5.41) is 20.4. The Kier molecular flexibility index (Phi) is 5.27. The number of hydrogen-bond acceptors (Lipinski definition) is 8. The van der Waals surface area contributed by atoms with Crippen LogP contribution in [0.2, 0.25) is 0 Å². The molecule has 134 valence electrons. The van der Waals surface area contributed by atoms with Crippen molar-refractivity contribution in [2.24, 2.45) is 4.99 Å². The molecule has 0 saturated carbocycles. The molecule has 4 rings (SSSR count). The van der Waals surface area contributed by atoms with Gasteiger partial charge in [0.25, 0.3) is 0 Å². The van der Waals surface area contributed by atoms with Crippen LogP contribution in [0.25, 0.3) is 21.8 Å². The molecule has 0 atom stereocenters. The van der Waals surface area contributed by atoms with Crippen LogP contribution in [0.15, 0.2) is 53.8 Å². The van der Waals surface area contributed by atoms with Gasteiger partial charge in [0, 0.05) is 30.2 Å². The average molecular weight is 361 g/mol. The normalized spacial score (nSPS) is 10.7. The molecule has 4 aromatic rings. The summed E-state index contributed by atoms with van der Waals surface area (Å²) in [5.41, 5.74) is 0.956. The van der Waals surface area contributed by atoms with E-state index in [2.05, 4.69) is 24.9 Å². The van der Waals surface area contributed by atoms with Gasteiger partial charge in [0.1, 0.15) is 22.5 Å². The first-order valence-electron chi connectivity index (χ1n) is 7.89. The lowest BCUT2D eigenvalue weighted by Crippen LogP contribution is -1.93. The van der Waals surface area contributed by atoms with E-state index in [4.69, 9.17) is 0 Å². The fraction of sp³-hybridized carbons (Fsp3) is 0.0526. The van der Waals surface area contributed by atoms with Crippen LogP contribution in [0.5, 0.6) is 11.5 Å². The summed E-state index contributed by atoms with van der Waals surface area (Å²) in [6.45, 7) is 0. The number of nitrogens with zero attached hydrogens (tertiary/aromatic N) is 5. The van der Waals surface area contributed by atoms with Gasteiger partial charge in [0.15, 0.2) is 17.9 Å². The molecule has 2 N–H and O–H groups in total. The van der Waals surface area contributed by atoms with Crippen molar-refractivity contribution in [1.82, 2.24) is 19.9 Å². The van der Waals surface area contributed by atoms with Crippen molar-refractivity contribution in [2.45, 2.75) is 0 Å². The van der Waals surface area contributed by atoms with Crippen LogP contribution in [0.1, 0.15) is 16.4 Å². The van der Waals surface area contributed by atoms with Gasteiger partial charge in [0.2, 0.25) is 0 Å². The first kappa shape index (κ1) is 17.9. The number of benzene rings is 2. The summed E-state index contributed by atoms with van der Waals surface area (Å²) in [6.07, 6.45) is 5.27. The van der Waals surface area contributed by atoms with E-state index in [0.717, 1.165) is 5.39 Å². The van der Waals surface area contributed by atoms with Crippen molar-refractivity contribution in [3.63, 3.8) is 0 Å². The van der Waals surface area contributed by atoms with Crippen molar-refractivity contribution in [1.29, 1.82) is 0 Å². The van der Waals surface area contributed by atoms with Crippen molar-refractivity contribution in [2.75, 3.05) is 7.05 Å². The van der Waals surface area contributed by atoms with Crippen LogP contribution in [0.3, 0.4) is 0 Å². The van der Waals surface area contributed by atoms with Gasteiger partial charge in [0.05, 0.1) is 6.21 Å². The van der Waals surface area contributed by atoms with Crippen LogP contribution in [-0.4, -0.2) is 49.7 Å². The molecule has 0 aliphatic rings. The summed E-state index contributed by atoms with van der Waals surface area (Å²) in [4.78, 5) is 30.0. The maximum absolute atomic E-state index is 10.4. The van der Waals surface area contributed by atoms with E-state index in [0.29, 0.717) is 28.5 Å². The van der Waals surface area contributed by atoms with Gasteiger partial charge in [-0.25, -0.2) is 19.9 Å². The van der Waals surface area contributed by atoms with Gasteiger partial charge in [-0.15, -0.1) is 0 Å². The Bertz CT molecular complexity index is 1140. The molecule has 0 spiro atoms. The molecule has 2 heterocycles. The third kappa shape index (κ3) is 4.01. The summed E-state index contributed by atoms with van der Waals surface area (Å²) in [6, 6.07) is 10.2. The number of aromatic hydroxyl groups is 2. The molecule has 0 saturated heterocycles. The quantitative estimate of drug-likeness (QED) is 0.415. The number of fused-ring (bicyclic) bond motifs is 2. The van der Waals surface area contributed by atoms with Crippen LogP contribution in [0, 0.1) is 0 Å². The molecular formula is C19H15N5O3. The van der Waals surface area contributed by atoms with E-state index >= 15 is 0 Å². The maximum atomic E-state index is 10.4. The Balaban J connectivity index is 0.000000156. The fourth-order valence-corrected chi connectivity index (χ4v) is 2.34. The van der Waals surface area contributed by atoms with E-state index in [1.165, 1.54) is 12.3 Å². The van der Waals surface area contributed by atoms with Crippen molar-refractivity contribution < 1.29 is 15.0 Å². The molecule has 0 bridgehead atoms. The molecule has 2 aromatic heterocycles. The van der Waals surface area contributed by atoms with E-state index < -0.39 is 0 Å². The van der Waals surface area contributed by atoms with Crippen molar-refractivity contribution in [3.05, 3.63) is 60.4 Å². The molecule has 0 amide bonds. The zero-order valence-corrected chi connectivity index (χ0v) is 14.3. The third-order valence-corrected chi connectivity index (χ3v) is 3.57. The Hall–Kier alpha value is -3.94. The second-order valence-corrected chi connectivity index (χ2v) is 5.39. The third-order valence-electron chi connectivity index (χ3n) is 3.57. The van der Waals surface area contributed by atoms with Crippen LogP contribution < -0.4 is 0 Å². The highest BCUT2D eigenvalue weighted by Gasteiger charge is 2.02. The number of para-hydroxylation sites is 2. The lowest BCUT2D eigenvalue weighted by Gasteiger charge is -1.99. The van der Waals surface area contributed by atoms with E-state index in [1.54, 1.807) is 43.7 Å². The highest BCUT2D eigenvalue weighted by molar-refractivity contribution is 5.87. The number of carbonyl (C=O) groups is 1. The van der Waals surface area contributed by atoms with Gasteiger partial charge in [-0.3, -0.25) is 9.79 Å². The molecule has 0 fully saturated rings. The minimum Gasteiger partial charge on any atom is -0.506 e. The molecule has 0 aliphatic heterocycles. The maximum Gasteiger partial charge on any atom is 0.193 e. The minimum atomic E-state index is 0.0583. The lowest BCUT2D eigenvalue weighted by atomic mass is 10.2. The second kappa shape index (κ2) is 7.96. The Morgan fingerprint density at radius 1 is 0.852 bits per heavy atom. The van der Waals surface area contributed by atoms with Gasteiger partial charge in [-0.2, -0.15) is 0 Å². The molecule has 0 aliphatic carbocycles. The number of aliphatic imine (C=N–C) groups is 1. The molecule has 2 aromatic carbocycles. The van der Waals surface area contributed by atoms with Crippen LogP contribution >= 0.6 is 0 Å². The minimum absolute atomic E-state index is 0.0583. The standard InChI is InChI=1S/C10H9N3O.C9H6N2O2/c1-11-6-9-12-5-7-3-2-4-8(14)10(7)13-9;12-5-8-10-4-6-2-1-3-7(13)9(6)11-8/h2-6,14H,1H3;1-5,13H. The summed E-state index contributed by atoms with van der Waals surface area (Å²) in [5.74, 6) is 0.800. The van der Waals surface area contributed by atoms with Crippen LogP contribution in [0.4, 0.5) is 0 Å². The van der Waals surface area contributed by atoms with Gasteiger partial charge < -0.3 is 10.2 Å². The van der Waals surface area contributed by atoms with Crippen molar-refractivity contribution >= 4 is 34.3 Å². The number of hydrogen-bond donors (Lipinski definition) is 2. The summed E-state index contributed by atoms with van der Waals surface area (Å²) >= 11 is 0. The molecule has 8 heteroatoms. The number of phenols is 2. The monoisotopic (exact) mass is 361 g/mol. The largest absolute Gasteiger partial charge is 0.506 e. The van der Waals surface area contributed by atoms with Gasteiger partial charge in [-0.05, 0) is 12.1 Å². The first-order chi connectivity index (χ1) is 13.1. The van der Waals surface area contributed by atoms with E-state index in [9.17, 15) is 15.0 Å². The highest BCUT2D eigenvalue weighted by Crippen LogP contribution is 2.21. The molecule has 8 nitrogen and oxygen atoms in total. The number of aromatic nitrogens is 4. The van der Waals surface area contributed by atoms with Gasteiger partial charge >= 0.3 is 0 Å². The highest BCUT2D eigenvalue weighted by atomic mass is 16.3. The number of carbonyl (C=O) groups excluding carboxylic acids is 1. The Labute approximate surface area is 153 Å². The SMILES string of the molecule is CN=Cc1ncc2cccc(O)c2n1.O=Cc1ncc2cccc(O)c2n1. The summed E-state index contributed by atoms with van der Waals surface area (Å²) in [7, 11) is 1.65. The summed E-state index contributed by atoms with van der Waals surface area (Å²) < 4.78 is 0. The number of phenolic OH excluding ortho intramolecular Hbond substituents is 2. The first-order valence-corrected chi connectivity index (χ1v) is 7.89. The second-order valence-electron chi connectivity index (χ2n) is 5.39. The zero-order chi connectivity index (χ0) is 19.2. The zero-order valence-electron chi connectivity index (χ0n) is 14.3. The Morgan fingerprint density at radius 2 is 1.37 bits per heavy atom. The van der Waals surface area contributed by atoms with E-state index in [1.807, 2.05) is 6.07 Å². The molecule has 27 heavy (non-hydrogen) atoms. The van der Waals surface area contributed by atoms with Crippen molar-refractivity contribution in [3.8, 4) is 11.5 Å². The predicted molar refractivity (Wildman–Crippen MR) is 101 cm³/mol. The number of aldehydes is 1. The van der Waals surface area contributed by atoms with E-state index in [-0.39, 0.29) is 17.3 Å². The average Bonchev–Trinajstić information content (AvgIpc) is 2.69. The Morgan fingerprint density at radius 3 is 1.89 bits per heavy atom. The number of rotatable bonds is 2. The smallest absolute Gasteiger partial charge is 0.193 e. The molecule has 0 radical (unpaired) electrons. The van der Waals surface area contributed by atoms with Gasteiger partial charge in [-0.1, -0.05) is 24.3 Å². The molecular weight excluding hydrogens is 346 g/mol. The topological polar surface area (TPSA) is 121 Å². The fourth-order valence-electron chi connectivity index (χ4n) is 2.34. The van der Waals surface area contributed by atoms with Crippen LogP contribution in [-0.2, 0) is 0 Å². The predicted octanol–water partition coefficient (Wildman–Crippen LogP) is 2.53. The molecule has 0 unspecified atom stereocenters.